The van der Waals surface area contributed by atoms with Crippen LogP contribution in [0, 0.1) is 39.9 Å². The monoisotopic (exact) mass is 787 g/mol. The summed E-state index contributed by atoms with van der Waals surface area (Å²) in [6.45, 7) is 21.6. The van der Waals surface area contributed by atoms with Gasteiger partial charge in [0.1, 0.15) is 0 Å². The largest absolute Gasteiger partial charge is 0.288 e. The van der Waals surface area contributed by atoms with Crippen molar-refractivity contribution in [2.24, 2.45) is 39.9 Å². The standard InChI is InChI=1S/C53H79BN2S/c1-50(2,3)35-24-25-42-40(31-35)54-41-32-36(51(4,5)6)30-39-48(41)56(52(7,8)53(39)26-15-10-16-27-53)45-29-34(33-18-11-9-12-19-33)28-44(47(45)54)55(42)43-22-17-21-38-37-20-13-14-23-46(37)57-49(38)43/h14,23,30-35,37,41-48H,9-13,15-22,24-29H2,1-8H3. The van der Waals surface area contributed by atoms with Gasteiger partial charge in [-0.05, 0) is 142 Å². The second-order valence-corrected chi connectivity index (χ2v) is 25.9. The van der Waals surface area contributed by atoms with Crippen molar-refractivity contribution in [1.82, 2.24) is 9.80 Å². The summed E-state index contributed by atoms with van der Waals surface area (Å²) in [5, 5.41) is 0.712. The van der Waals surface area contributed by atoms with Crippen molar-refractivity contribution >= 4 is 18.5 Å². The Morgan fingerprint density at radius 3 is 2.28 bits per heavy atom. The molecule has 6 fully saturated rings. The molecule has 2 nitrogen and oxygen atoms in total. The zero-order chi connectivity index (χ0) is 39.2. The Morgan fingerprint density at radius 2 is 1.53 bits per heavy atom. The summed E-state index contributed by atoms with van der Waals surface area (Å²) in [5.41, 5.74) is 8.48. The summed E-state index contributed by atoms with van der Waals surface area (Å²) in [6.07, 6.45) is 41.2. The molecule has 11 atom stereocenters. The third-order valence-electron chi connectivity index (χ3n) is 19.8. The van der Waals surface area contributed by atoms with Gasteiger partial charge in [0.05, 0.1) is 0 Å². The van der Waals surface area contributed by atoms with Crippen LogP contribution in [0.25, 0.3) is 0 Å². The Kier molecular flexibility index (Phi) is 9.40. The van der Waals surface area contributed by atoms with Crippen LogP contribution in [-0.4, -0.2) is 57.5 Å². The number of hydrogen-bond donors (Lipinski definition) is 0. The highest BCUT2D eigenvalue weighted by Gasteiger charge is 2.72. The van der Waals surface area contributed by atoms with Crippen LogP contribution >= 0.6 is 11.8 Å². The number of nitrogens with zero attached hydrogens (tertiary/aromatic N) is 2. The highest BCUT2D eigenvalue weighted by atomic mass is 32.2. The van der Waals surface area contributed by atoms with E-state index in [-0.39, 0.29) is 11.0 Å². The first-order valence-corrected chi connectivity index (χ1v) is 25.9. The van der Waals surface area contributed by atoms with E-state index in [0.29, 0.717) is 64.7 Å². The Labute approximate surface area is 354 Å². The van der Waals surface area contributed by atoms with Crippen molar-refractivity contribution in [3.63, 3.8) is 0 Å². The normalized spacial score (nSPS) is 42.8. The maximum Gasteiger partial charge on any atom is 0.187 e. The molecule has 11 unspecified atom stereocenters. The average molecular weight is 787 g/mol. The zero-order valence-electron chi connectivity index (χ0n) is 37.6. The van der Waals surface area contributed by atoms with E-state index in [4.69, 9.17) is 0 Å². The second-order valence-electron chi connectivity index (χ2n) is 24.6. The molecule has 4 aliphatic heterocycles. The van der Waals surface area contributed by atoms with E-state index in [1.807, 2.05) is 21.5 Å². The van der Waals surface area contributed by atoms with E-state index in [1.54, 1.807) is 5.57 Å². The van der Waals surface area contributed by atoms with Gasteiger partial charge in [0.2, 0.25) is 0 Å². The van der Waals surface area contributed by atoms with E-state index in [1.165, 1.54) is 122 Å². The summed E-state index contributed by atoms with van der Waals surface area (Å²) in [5.74, 6) is 4.69. The molecule has 3 saturated heterocycles. The summed E-state index contributed by atoms with van der Waals surface area (Å²) < 4.78 is 0. The Balaban J connectivity index is 1.12. The topological polar surface area (TPSA) is 6.48 Å². The van der Waals surface area contributed by atoms with Crippen LogP contribution in [0.15, 0.2) is 57.5 Å². The van der Waals surface area contributed by atoms with Gasteiger partial charge in [0, 0.05) is 51.3 Å². The molecule has 0 bridgehead atoms. The molecular weight excluding hydrogens is 707 g/mol. The van der Waals surface area contributed by atoms with Crippen LogP contribution < -0.4 is 0 Å². The van der Waals surface area contributed by atoms with Gasteiger partial charge in [-0.1, -0.05) is 134 Å². The fraction of sp³-hybridized carbons (Fsp3) is 0.811. The molecule has 4 heterocycles. The Morgan fingerprint density at radius 1 is 0.772 bits per heavy atom. The van der Waals surface area contributed by atoms with Crippen LogP contribution in [0.1, 0.15) is 177 Å². The van der Waals surface area contributed by atoms with Crippen LogP contribution in [-0.2, 0) is 0 Å². The Hall–Kier alpha value is -0.965. The molecule has 11 aliphatic rings. The van der Waals surface area contributed by atoms with Gasteiger partial charge in [-0.15, -0.1) is 11.8 Å². The first kappa shape index (κ1) is 38.9. The van der Waals surface area contributed by atoms with Crippen LogP contribution in [0.5, 0.6) is 0 Å². The lowest BCUT2D eigenvalue weighted by Crippen LogP contribution is -2.73. The van der Waals surface area contributed by atoms with Crippen LogP contribution in [0.2, 0.25) is 11.6 Å². The fourth-order valence-electron chi connectivity index (χ4n) is 17.2. The van der Waals surface area contributed by atoms with Gasteiger partial charge in [-0.2, -0.15) is 0 Å². The summed E-state index contributed by atoms with van der Waals surface area (Å²) >= 11 is 2.37. The lowest BCUT2D eigenvalue weighted by Gasteiger charge is -2.67. The molecular formula is C53H79BN2S. The van der Waals surface area contributed by atoms with Crippen molar-refractivity contribution in [1.29, 1.82) is 0 Å². The average Bonchev–Trinajstić information content (AvgIpc) is 3.66. The molecule has 0 radical (unpaired) electrons. The molecule has 0 aromatic heterocycles. The van der Waals surface area contributed by atoms with Crippen molar-refractivity contribution in [2.45, 2.75) is 230 Å². The molecule has 0 aromatic carbocycles. The van der Waals surface area contributed by atoms with E-state index in [9.17, 15) is 0 Å². The summed E-state index contributed by atoms with van der Waals surface area (Å²) in [7, 11) is 0. The van der Waals surface area contributed by atoms with E-state index < -0.39 is 0 Å². The molecule has 7 aliphatic carbocycles. The smallest absolute Gasteiger partial charge is 0.187 e. The van der Waals surface area contributed by atoms with Gasteiger partial charge in [0.15, 0.2) is 6.71 Å². The minimum atomic E-state index is 0.172. The molecule has 57 heavy (non-hydrogen) atoms. The minimum Gasteiger partial charge on any atom is -0.288 e. The third-order valence-corrected chi connectivity index (χ3v) is 21.4. The Bertz CT molecular complexity index is 1770. The first-order chi connectivity index (χ1) is 27.3. The predicted octanol–water partition coefficient (Wildman–Crippen LogP) is 13.8. The zero-order valence-corrected chi connectivity index (χ0v) is 38.4. The molecule has 3 saturated carbocycles. The SMILES string of the molecule is CC(C)(C)C1=CC2B3C4=CC(C(C)(C)C)CCC4N(C4CCCC5=C4SC4C=CCCC54)C4CC(C5CCCCC5)CC(C34)N3C2C(=C1)C1(CCCCC1)C3(C)C. The lowest BCUT2D eigenvalue weighted by molar-refractivity contribution is -0.0608. The third kappa shape index (κ3) is 5.75. The van der Waals surface area contributed by atoms with Gasteiger partial charge < -0.3 is 0 Å². The van der Waals surface area contributed by atoms with Crippen LogP contribution in [0.3, 0.4) is 0 Å². The van der Waals surface area contributed by atoms with Gasteiger partial charge in [-0.3, -0.25) is 9.80 Å². The maximum absolute atomic E-state index is 3.42. The number of thioether (sulfide) groups is 1. The number of rotatable bonds is 2. The van der Waals surface area contributed by atoms with Crippen molar-refractivity contribution in [3.8, 4) is 0 Å². The molecule has 11 rings (SSSR count). The van der Waals surface area contributed by atoms with Crippen molar-refractivity contribution < 1.29 is 0 Å². The number of hydrogen-bond acceptors (Lipinski definition) is 3. The van der Waals surface area contributed by atoms with E-state index in [2.05, 4.69) is 107 Å². The van der Waals surface area contributed by atoms with Crippen LogP contribution in [0.4, 0.5) is 0 Å². The van der Waals surface area contributed by atoms with Gasteiger partial charge in [-0.25, -0.2) is 0 Å². The molecule has 310 valence electrons. The molecule has 4 heteroatoms. The minimum absolute atomic E-state index is 0.172. The van der Waals surface area contributed by atoms with E-state index in [0.717, 1.165) is 23.6 Å². The number of fused-ring (bicyclic) bond motifs is 7. The molecule has 0 amide bonds. The first-order valence-electron chi connectivity index (χ1n) is 25.1. The highest BCUT2D eigenvalue weighted by Crippen LogP contribution is 2.71. The number of allylic oxidation sites excluding steroid dienone is 5. The summed E-state index contributed by atoms with van der Waals surface area (Å²) in [6, 6.07) is 3.27. The predicted molar refractivity (Wildman–Crippen MR) is 245 cm³/mol. The van der Waals surface area contributed by atoms with Crippen molar-refractivity contribution in [2.75, 3.05) is 0 Å². The quantitative estimate of drug-likeness (QED) is 0.203. The van der Waals surface area contributed by atoms with E-state index >= 15 is 0 Å². The fourth-order valence-corrected chi connectivity index (χ4v) is 18.9. The molecule has 0 N–H and O–H groups in total. The van der Waals surface area contributed by atoms with Gasteiger partial charge in [0.25, 0.3) is 0 Å². The lowest BCUT2D eigenvalue weighted by atomic mass is 9.21. The van der Waals surface area contributed by atoms with Gasteiger partial charge >= 0.3 is 0 Å². The maximum atomic E-state index is 3.42. The highest BCUT2D eigenvalue weighted by molar-refractivity contribution is 8.04. The summed E-state index contributed by atoms with van der Waals surface area (Å²) in [4.78, 5) is 8.69. The van der Waals surface area contributed by atoms with Crippen molar-refractivity contribution in [3.05, 3.63) is 57.5 Å². The second kappa shape index (κ2) is 13.8. The molecule has 0 aromatic rings. The molecule has 1 spiro atoms.